The van der Waals surface area contributed by atoms with Gasteiger partial charge in [0.15, 0.2) is 5.78 Å². The number of hydrogen-bond donors (Lipinski definition) is 0. The van der Waals surface area contributed by atoms with Crippen LogP contribution < -0.4 is 0 Å². The minimum atomic E-state index is -0.234. The second-order valence-corrected chi connectivity index (χ2v) is 4.24. The van der Waals surface area contributed by atoms with Crippen LogP contribution in [-0.4, -0.2) is 10.8 Å². The molecular formula is C15H14N2O. The van der Waals surface area contributed by atoms with Crippen LogP contribution in [0.2, 0.25) is 0 Å². The fourth-order valence-electron chi connectivity index (χ4n) is 2.07. The molecule has 0 amide bonds. The van der Waals surface area contributed by atoms with E-state index in [0.29, 0.717) is 12.0 Å². The molecule has 1 atom stereocenters. The third kappa shape index (κ3) is 2.23. The standard InChI is InChI=1S/C15H14N2O/c1-2-11(7-8-16)15(18)14-10-17-9-12-5-3-4-6-13(12)14/h3-6,9-11H,2,7H2,1H3. The van der Waals surface area contributed by atoms with Gasteiger partial charge in [-0.2, -0.15) is 5.26 Å². The Labute approximate surface area is 106 Å². The molecule has 90 valence electrons. The predicted molar refractivity (Wildman–Crippen MR) is 70.1 cm³/mol. The van der Waals surface area contributed by atoms with E-state index in [1.54, 1.807) is 12.4 Å². The highest BCUT2D eigenvalue weighted by Crippen LogP contribution is 2.22. The maximum Gasteiger partial charge on any atom is 0.169 e. The van der Waals surface area contributed by atoms with Crippen LogP contribution in [0.3, 0.4) is 0 Å². The van der Waals surface area contributed by atoms with E-state index in [1.807, 2.05) is 31.2 Å². The van der Waals surface area contributed by atoms with Gasteiger partial charge in [0.25, 0.3) is 0 Å². The molecule has 2 aromatic rings. The normalized spacial score (nSPS) is 12.0. The van der Waals surface area contributed by atoms with Crippen LogP contribution in [0, 0.1) is 17.2 Å². The zero-order valence-corrected chi connectivity index (χ0v) is 10.3. The summed E-state index contributed by atoms with van der Waals surface area (Å²) in [6, 6.07) is 9.76. The van der Waals surface area contributed by atoms with Crippen LogP contribution in [-0.2, 0) is 0 Å². The highest BCUT2D eigenvalue weighted by Gasteiger charge is 2.20. The van der Waals surface area contributed by atoms with E-state index >= 15 is 0 Å². The number of carbonyl (C=O) groups excluding carboxylic acids is 1. The van der Waals surface area contributed by atoms with Crippen molar-refractivity contribution in [2.45, 2.75) is 19.8 Å². The molecule has 0 radical (unpaired) electrons. The van der Waals surface area contributed by atoms with Gasteiger partial charge in [-0.05, 0) is 11.8 Å². The lowest BCUT2D eigenvalue weighted by atomic mass is 9.91. The van der Waals surface area contributed by atoms with Gasteiger partial charge in [-0.3, -0.25) is 9.78 Å². The number of hydrogen-bond acceptors (Lipinski definition) is 3. The lowest BCUT2D eigenvalue weighted by Crippen LogP contribution is -2.14. The summed E-state index contributed by atoms with van der Waals surface area (Å²) in [4.78, 5) is 16.5. The van der Waals surface area contributed by atoms with Crippen molar-refractivity contribution in [1.82, 2.24) is 4.98 Å². The molecule has 0 aliphatic heterocycles. The predicted octanol–water partition coefficient (Wildman–Crippen LogP) is 3.36. The molecular weight excluding hydrogens is 224 g/mol. The number of rotatable bonds is 4. The van der Waals surface area contributed by atoms with E-state index in [2.05, 4.69) is 11.1 Å². The highest BCUT2D eigenvalue weighted by molar-refractivity contribution is 6.08. The Balaban J connectivity index is 2.48. The summed E-state index contributed by atoms with van der Waals surface area (Å²) >= 11 is 0. The maximum absolute atomic E-state index is 12.4. The number of benzene rings is 1. The molecule has 0 saturated heterocycles. The van der Waals surface area contributed by atoms with Crippen LogP contribution in [0.5, 0.6) is 0 Å². The average molecular weight is 238 g/mol. The van der Waals surface area contributed by atoms with Gasteiger partial charge in [0.1, 0.15) is 0 Å². The van der Waals surface area contributed by atoms with Gasteiger partial charge in [0.05, 0.1) is 6.07 Å². The molecule has 1 heterocycles. The lowest BCUT2D eigenvalue weighted by molar-refractivity contribution is 0.0920. The van der Waals surface area contributed by atoms with Gasteiger partial charge in [-0.25, -0.2) is 0 Å². The van der Waals surface area contributed by atoms with E-state index in [0.717, 1.165) is 10.8 Å². The third-order valence-corrected chi connectivity index (χ3v) is 3.13. The van der Waals surface area contributed by atoms with E-state index in [1.165, 1.54) is 0 Å². The fourth-order valence-corrected chi connectivity index (χ4v) is 2.07. The van der Waals surface area contributed by atoms with E-state index < -0.39 is 0 Å². The van der Waals surface area contributed by atoms with Gasteiger partial charge in [-0.1, -0.05) is 31.2 Å². The summed E-state index contributed by atoms with van der Waals surface area (Å²) in [6.45, 7) is 1.93. The minimum absolute atomic E-state index is 0.0170. The SMILES string of the molecule is CCC(CC#N)C(=O)c1cncc2ccccc12. The van der Waals surface area contributed by atoms with Crippen molar-refractivity contribution >= 4 is 16.6 Å². The molecule has 0 N–H and O–H groups in total. The smallest absolute Gasteiger partial charge is 0.169 e. The molecule has 18 heavy (non-hydrogen) atoms. The molecule has 0 fully saturated rings. The summed E-state index contributed by atoms with van der Waals surface area (Å²) in [6.07, 6.45) is 4.29. The van der Waals surface area contributed by atoms with Crippen molar-refractivity contribution < 1.29 is 4.79 Å². The number of ketones is 1. The second kappa shape index (κ2) is 5.42. The van der Waals surface area contributed by atoms with Gasteiger partial charge in [-0.15, -0.1) is 0 Å². The molecule has 1 unspecified atom stereocenters. The first-order chi connectivity index (χ1) is 8.77. The monoisotopic (exact) mass is 238 g/mol. The molecule has 3 nitrogen and oxygen atoms in total. The summed E-state index contributed by atoms with van der Waals surface area (Å²) in [5, 5.41) is 10.6. The topological polar surface area (TPSA) is 53.8 Å². The Morgan fingerprint density at radius 1 is 1.39 bits per heavy atom. The van der Waals surface area contributed by atoms with Crippen molar-refractivity contribution in [1.29, 1.82) is 5.26 Å². The number of nitrogens with zero attached hydrogens (tertiary/aromatic N) is 2. The third-order valence-electron chi connectivity index (χ3n) is 3.13. The lowest BCUT2D eigenvalue weighted by Gasteiger charge is -2.11. The maximum atomic E-state index is 12.4. The van der Waals surface area contributed by atoms with Crippen molar-refractivity contribution in [3.05, 3.63) is 42.2 Å². The van der Waals surface area contributed by atoms with E-state index in [-0.39, 0.29) is 18.1 Å². The molecule has 0 aliphatic rings. The zero-order chi connectivity index (χ0) is 13.0. The quantitative estimate of drug-likeness (QED) is 0.767. The van der Waals surface area contributed by atoms with Crippen molar-refractivity contribution in [2.75, 3.05) is 0 Å². The van der Waals surface area contributed by atoms with Gasteiger partial charge in [0.2, 0.25) is 0 Å². The number of Topliss-reactive ketones (excluding diaryl/α,β-unsaturated/α-hetero) is 1. The average Bonchev–Trinajstić information content (AvgIpc) is 2.43. The summed E-state index contributed by atoms with van der Waals surface area (Å²) in [7, 11) is 0. The van der Waals surface area contributed by atoms with Gasteiger partial charge >= 0.3 is 0 Å². The Morgan fingerprint density at radius 3 is 2.89 bits per heavy atom. The molecule has 0 aliphatic carbocycles. The Morgan fingerprint density at radius 2 is 2.17 bits per heavy atom. The number of fused-ring (bicyclic) bond motifs is 1. The Kier molecular flexibility index (Phi) is 3.69. The Hall–Kier alpha value is -2.21. The fraction of sp³-hybridized carbons (Fsp3) is 0.267. The first-order valence-electron chi connectivity index (χ1n) is 6.01. The van der Waals surface area contributed by atoms with E-state index in [4.69, 9.17) is 5.26 Å². The zero-order valence-electron chi connectivity index (χ0n) is 10.3. The molecule has 0 saturated carbocycles. The molecule has 1 aromatic heterocycles. The highest BCUT2D eigenvalue weighted by atomic mass is 16.1. The first-order valence-corrected chi connectivity index (χ1v) is 6.01. The van der Waals surface area contributed by atoms with Gasteiger partial charge < -0.3 is 0 Å². The summed E-state index contributed by atoms with van der Waals surface area (Å²) in [5.74, 6) is -0.217. The van der Waals surface area contributed by atoms with Crippen LogP contribution in [0.25, 0.3) is 10.8 Å². The van der Waals surface area contributed by atoms with Crippen molar-refractivity contribution in [2.24, 2.45) is 5.92 Å². The number of aromatic nitrogens is 1. The van der Waals surface area contributed by atoms with Crippen molar-refractivity contribution in [3.8, 4) is 6.07 Å². The van der Waals surface area contributed by atoms with Gasteiger partial charge in [0, 0.05) is 35.7 Å². The van der Waals surface area contributed by atoms with Crippen LogP contribution in [0.15, 0.2) is 36.7 Å². The van der Waals surface area contributed by atoms with Crippen LogP contribution in [0.1, 0.15) is 30.1 Å². The van der Waals surface area contributed by atoms with Crippen molar-refractivity contribution in [3.63, 3.8) is 0 Å². The first kappa shape index (κ1) is 12.3. The largest absolute Gasteiger partial charge is 0.294 e. The Bertz CT molecular complexity index is 608. The second-order valence-electron chi connectivity index (χ2n) is 4.24. The minimum Gasteiger partial charge on any atom is -0.294 e. The van der Waals surface area contributed by atoms with Crippen LogP contribution in [0.4, 0.5) is 0 Å². The van der Waals surface area contributed by atoms with Crippen LogP contribution >= 0.6 is 0 Å². The molecule has 0 bridgehead atoms. The molecule has 3 heteroatoms. The summed E-state index contributed by atoms with van der Waals surface area (Å²) in [5.41, 5.74) is 0.621. The summed E-state index contributed by atoms with van der Waals surface area (Å²) < 4.78 is 0. The molecule has 1 aromatic carbocycles. The molecule has 2 rings (SSSR count). The van der Waals surface area contributed by atoms with E-state index in [9.17, 15) is 4.79 Å². The number of carbonyl (C=O) groups is 1. The number of pyridine rings is 1. The number of nitriles is 1. The molecule has 0 spiro atoms.